The first-order valence-corrected chi connectivity index (χ1v) is 7.66. The maximum Gasteiger partial charge on any atom is 0.193 e. The average molecular weight is 415 g/mol. The zero-order valence-corrected chi connectivity index (χ0v) is 15.7. The van der Waals surface area contributed by atoms with Gasteiger partial charge in [-0.15, -0.1) is 24.0 Å². The second kappa shape index (κ2) is 8.38. The monoisotopic (exact) mass is 415 g/mol. The molecule has 3 nitrogen and oxygen atoms in total. The van der Waals surface area contributed by atoms with Crippen molar-refractivity contribution in [3.8, 4) is 0 Å². The molecule has 1 aromatic heterocycles. The highest BCUT2D eigenvalue weighted by atomic mass is 127. The number of anilines is 1. The number of hydrogen-bond acceptors (Lipinski definition) is 2. The summed E-state index contributed by atoms with van der Waals surface area (Å²) in [4.78, 5) is 4.42. The van der Waals surface area contributed by atoms with Crippen LogP contribution < -0.4 is 11.1 Å². The maximum absolute atomic E-state index is 5.95. The number of nitrogens with zero attached hydrogens (tertiary/aromatic N) is 1. The van der Waals surface area contributed by atoms with E-state index in [0.29, 0.717) is 18.4 Å². The number of aryl methyl sites for hydroxylation is 2. The Balaban J connectivity index is 0.00000220. The van der Waals surface area contributed by atoms with Crippen LogP contribution in [0.15, 0.2) is 40.0 Å². The van der Waals surface area contributed by atoms with Gasteiger partial charge in [-0.05, 0) is 59.5 Å². The number of thiophene rings is 1. The average Bonchev–Trinajstić information content (AvgIpc) is 2.88. The summed E-state index contributed by atoms with van der Waals surface area (Å²) in [5.41, 5.74) is 10.7. The van der Waals surface area contributed by atoms with Gasteiger partial charge in [0, 0.05) is 18.2 Å². The van der Waals surface area contributed by atoms with Crippen molar-refractivity contribution in [2.45, 2.75) is 26.7 Å². The molecule has 3 N–H and O–H groups in total. The van der Waals surface area contributed by atoms with E-state index < -0.39 is 0 Å². The highest BCUT2D eigenvalue weighted by Crippen LogP contribution is 2.18. The number of benzene rings is 1. The fourth-order valence-corrected chi connectivity index (χ4v) is 2.91. The maximum atomic E-state index is 5.95. The van der Waals surface area contributed by atoms with Crippen LogP contribution in [0.2, 0.25) is 0 Å². The van der Waals surface area contributed by atoms with E-state index in [1.807, 2.05) is 0 Å². The van der Waals surface area contributed by atoms with Crippen molar-refractivity contribution in [2.24, 2.45) is 10.7 Å². The van der Waals surface area contributed by atoms with Crippen molar-refractivity contribution < 1.29 is 0 Å². The van der Waals surface area contributed by atoms with E-state index in [-0.39, 0.29) is 24.0 Å². The van der Waals surface area contributed by atoms with Gasteiger partial charge in [-0.25, -0.2) is 0 Å². The Morgan fingerprint density at radius 2 is 1.95 bits per heavy atom. The minimum Gasteiger partial charge on any atom is -0.370 e. The van der Waals surface area contributed by atoms with Gasteiger partial charge in [-0.3, -0.25) is 4.99 Å². The van der Waals surface area contributed by atoms with Crippen LogP contribution in [0, 0.1) is 13.8 Å². The largest absolute Gasteiger partial charge is 0.370 e. The van der Waals surface area contributed by atoms with Crippen molar-refractivity contribution in [3.05, 3.63) is 51.7 Å². The lowest BCUT2D eigenvalue weighted by molar-refractivity contribution is 0.778. The van der Waals surface area contributed by atoms with Gasteiger partial charge >= 0.3 is 0 Å². The van der Waals surface area contributed by atoms with Crippen LogP contribution in [-0.2, 0) is 0 Å². The lowest BCUT2D eigenvalue weighted by Crippen LogP contribution is -2.23. The van der Waals surface area contributed by atoms with Crippen LogP contribution >= 0.6 is 35.3 Å². The molecular weight excluding hydrogens is 393 g/mol. The Hall–Kier alpha value is -1.08. The predicted octanol–water partition coefficient (Wildman–Crippen LogP) is 4.51. The second-order valence-corrected chi connectivity index (χ2v) is 5.97. The Morgan fingerprint density at radius 1 is 1.29 bits per heavy atom. The van der Waals surface area contributed by atoms with Gasteiger partial charge in [0.05, 0.1) is 0 Å². The SMILES string of the molecule is Cc1cc(C)cc(NC(N)=NCC(C)c2ccsc2)c1.I. The number of nitrogens with two attached hydrogens (primary N) is 1. The molecule has 2 rings (SSSR count). The summed E-state index contributed by atoms with van der Waals surface area (Å²) < 4.78 is 0. The molecule has 0 saturated carbocycles. The molecule has 0 spiro atoms. The molecule has 0 aliphatic heterocycles. The van der Waals surface area contributed by atoms with Gasteiger partial charge in [-0.1, -0.05) is 13.0 Å². The Labute approximate surface area is 147 Å². The van der Waals surface area contributed by atoms with Crippen molar-refractivity contribution in [1.29, 1.82) is 0 Å². The molecule has 1 atom stereocenters. The number of nitrogens with one attached hydrogen (secondary N) is 1. The van der Waals surface area contributed by atoms with E-state index in [0.717, 1.165) is 5.69 Å². The molecule has 0 saturated heterocycles. The molecule has 0 aliphatic rings. The lowest BCUT2D eigenvalue weighted by atomic mass is 10.1. The molecule has 0 aliphatic carbocycles. The summed E-state index contributed by atoms with van der Waals surface area (Å²) >= 11 is 1.71. The Morgan fingerprint density at radius 3 is 2.52 bits per heavy atom. The number of hydrogen-bond donors (Lipinski definition) is 2. The normalized spacial score (nSPS) is 12.6. The van der Waals surface area contributed by atoms with E-state index in [1.165, 1.54) is 16.7 Å². The molecule has 1 unspecified atom stereocenters. The first kappa shape index (κ1) is 18.0. The first-order chi connectivity index (χ1) is 9.54. The predicted molar refractivity (Wildman–Crippen MR) is 104 cm³/mol. The molecule has 114 valence electrons. The molecule has 1 heterocycles. The third-order valence-electron chi connectivity index (χ3n) is 3.14. The van der Waals surface area contributed by atoms with Gasteiger partial charge in [0.2, 0.25) is 0 Å². The fourth-order valence-electron chi connectivity index (χ4n) is 2.13. The van der Waals surface area contributed by atoms with Gasteiger partial charge in [-0.2, -0.15) is 11.3 Å². The summed E-state index contributed by atoms with van der Waals surface area (Å²) in [5.74, 6) is 0.859. The smallest absolute Gasteiger partial charge is 0.193 e. The van der Waals surface area contributed by atoms with Crippen molar-refractivity contribution in [2.75, 3.05) is 11.9 Å². The molecule has 0 radical (unpaired) electrons. The molecular formula is C16H22IN3S. The molecule has 0 bridgehead atoms. The molecule has 1 aromatic carbocycles. The Kier molecular flexibility index (Phi) is 7.17. The summed E-state index contributed by atoms with van der Waals surface area (Å²) in [6.07, 6.45) is 0. The van der Waals surface area contributed by atoms with E-state index >= 15 is 0 Å². The third kappa shape index (κ3) is 5.67. The highest BCUT2D eigenvalue weighted by Gasteiger charge is 2.05. The first-order valence-electron chi connectivity index (χ1n) is 6.72. The van der Waals surface area contributed by atoms with Crippen molar-refractivity contribution >= 4 is 47.0 Å². The second-order valence-electron chi connectivity index (χ2n) is 5.19. The number of aliphatic imine (C=N–C) groups is 1. The van der Waals surface area contributed by atoms with E-state index in [1.54, 1.807) is 11.3 Å². The van der Waals surface area contributed by atoms with Crippen LogP contribution in [-0.4, -0.2) is 12.5 Å². The van der Waals surface area contributed by atoms with Gasteiger partial charge in [0.1, 0.15) is 0 Å². The minimum absolute atomic E-state index is 0. The number of guanidine groups is 1. The van der Waals surface area contributed by atoms with E-state index in [9.17, 15) is 0 Å². The van der Waals surface area contributed by atoms with E-state index in [4.69, 9.17) is 5.73 Å². The molecule has 0 fully saturated rings. The molecule has 0 amide bonds. The summed E-state index contributed by atoms with van der Waals surface area (Å²) in [5, 5.41) is 7.40. The summed E-state index contributed by atoms with van der Waals surface area (Å²) in [6, 6.07) is 8.41. The zero-order valence-electron chi connectivity index (χ0n) is 12.6. The van der Waals surface area contributed by atoms with Crippen LogP contribution in [0.3, 0.4) is 0 Å². The fraction of sp³-hybridized carbons (Fsp3) is 0.312. The van der Waals surface area contributed by atoms with Crippen LogP contribution in [0.1, 0.15) is 29.5 Å². The standard InChI is InChI=1S/C16H21N3S.HI/c1-11-6-12(2)8-15(7-11)19-16(17)18-9-13(3)14-4-5-20-10-14;/h4-8,10,13H,9H2,1-3H3,(H3,17,18,19);1H. The van der Waals surface area contributed by atoms with Crippen LogP contribution in [0.4, 0.5) is 5.69 Å². The van der Waals surface area contributed by atoms with Gasteiger partial charge in [0.25, 0.3) is 0 Å². The van der Waals surface area contributed by atoms with Crippen molar-refractivity contribution in [1.82, 2.24) is 0 Å². The Bertz CT molecular complexity index is 573. The number of rotatable bonds is 4. The topological polar surface area (TPSA) is 50.4 Å². The lowest BCUT2D eigenvalue weighted by Gasteiger charge is -2.10. The molecule has 2 aromatic rings. The molecule has 21 heavy (non-hydrogen) atoms. The van der Waals surface area contributed by atoms with Crippen LogP contribution in [0.5, 0.6) is 0 Å². The minimum atomic E-state index is 0. The van der Waals surface area contributed by atoms with Crippen molar-refractivity contribution in [3.63, 3.8) is 0 Å². The molecule has 5 heteroatoms. The summed E-state index contributed by atoms with van der Waals surface area (Å²) in [6.45, 7) is 7.00. The van der Waals surface area contributed by atoms with Gasteiger partial charge in [0.15, 0.2) is 5.96 Å². The highest BCUT2D eigenvalue weighted by molar-refractivity contribution is 14.0. The zero-order chi connectivity index (χ0) is 14.5. The number of halogens is 1. The van der Waals surface area contributed by atoms with Crippen LogP contribution in [0.25, 0.3) is 0 Å². The van der Waals surface area contributed by atoms with E-state index in [2.05, 4.69) is 66.1 Å². The summed E-state index contributed by atoms with van der Waals surface area (Å²) in [7, 11) is 0. The third-order valence-corrected chi connectivity index (χ3v) is 3.84. The quantitative estimate of drug-likeness (QED) is 0.439. The van der Waals surface area contributed by atoms with Gasteiger partial charge < -0.3 is 11.1 Å².